The van der Waals surface area contributed by atoms with Gasteiger partial charge < -0.3 is 14.8 Å². The van der Waals surface area contributed by atoms with Gasteiger partial charge in [0.2, 0.25) is 0 Å². The lowest BCUT2D eigenvalue weighted by Crippen LogP contribution is -2.16. The van der Waals surface area contributed by atoms with Crippen molar-refractivity contribution in [1.29, 1.82) is 0 Å². The van der Waals surface area contributed by atoms with Gasteiger partial charge in [0.1, 0.15) is 18.1 Å². The quantitative estimate of drug-likeness (QED) is 0.821. The Hall–Kier alpha value is -1.27. The molecule has 0 fully saturated rings. The summed E-state index contributed by atoms with van der Waals surface area (Å²) in [6, 6.07) is 5.65. The highest BCUT2D eigenvalue weighted by Crippen LogP contribution is 2.29. The molecule has 1 rings (SSSR count). The summed E-state index contributed by atoms with van der Waals surface area (Å²) in [6.07, 6.45) is 1.19. The van der Waals surface area contributed by atoms with E-state index in [4.69, 9.17) is 9.47 Å². The Morgan fingerprint density at radius 3 is 2.58 bits per heavy atom. The van der Waals surface area contributed by atoms with E-state index in [9.17, 15) is 8.42 Å². The molecule has 1 N–H and O–H groups in total. The van der Waals surface area contributed by atoms with Gasteiger partial charge in [-0.05, 0) is 20.0 Å². The highest BCUT2D eigenvalue weighted by Gasteiger charge is 2.12. The number of benzene rings is 1. The first kappa shape index (κ1) is 15.8. The monoisotopic (exact) mass is 287 g/mol. The van der Waals surface area contributed by atoms with Gasteiger partial charge in [-0.15, -0.1) is 0 Å². The number of hydrogen-bond donors (Lipinski definition) is 1. The molecule has 1 unspecified atom stereocenters. The maximum Gasteiger partial charge on any atom is 0.150 e. The van der Waals surface area contributed by atoms with Crippen LogP contribution in [-0.4, -0.2) is 41.2 Å². The summed E-state index contributed by atoms with van der Waals surface area (Å²) in [5.74, 6) is 1.32. The van der Waals surface area contributed by atoms with Crippen LogP contribution in [0.2, 0.25) is 0 Å². The topological polar surface area (TPSA) is 64.6 Å². The predicted molar refractivity (Wildman–Crippen MR) is 75.7 cm³/mol. The lowest BCUT2D eigenvalue weighted by atomic mass is 10.1. The summed E-state index contributed by atoms with van der Waals surface area (Å²) < 4.78 is 32.9. The first-order chi connectivity index (χ1) is 8.87. The Kier molecular flexibility index (Phi) is 5.62. The van der Waals surface area contributed by atoms with E-state index in [1.807, 2.05) is 26.1 Å². The molecule has 0 aliphatic heterocycles. The molecular weight excluding hydrogens is 266 g/mol. The standard InChI is InChI=1S/C13H21NO4S/c1-10(14-2)12-6-5-11(17-3)9-13(12)18-7-8-19(4,15)16/h5-6,9-10,14H,7-8H2,1-4H3. The van der Waals surface area contributed by atoms with Gasteiger partial charge in [-0.3, -0.25) is 0 Å². The van der Waals surface area contributed by atoms with Crippen molar-refractivity contribution in [3.8, 4) is 11.5 Å². The largest absolute Gasteiger partial charge is 0.497 e. The van der Waals surface area contributed by atoms with Crippen LogP contribution in [0.25, 0.3) is 0 Å². The summed E-state index contributed by atoms with van der Waals surface area (Å²) in [5.41, 5.74) is 0.969. The molecule has 0 bridgehead atoms. The molecule has 19 heavy (non-hydrogen) atoms. The minimum absolute atomic E-state index is 0.00240. The van der Waals surface area contributed by atoms with Gasteiger partial charge in [-0.2, -0.15) is 0 Å². The summed E-state index contributed by atoms with van der Waals surface area (Å²) in [7, 11) is 0.416. The minimum atomic E-state index is -3.02. The Morgan fingerprint density at radius 2 is 2.05 bits per heavy atom. The number of hydrogen-bond acceptors (Lipinski definition) is 5. The van der Waals surface area contributed by atoms with Crippen molar-refractivity contribution >= 4 is 9.84 Å². The molecule has 0 aromatic heterocycles. The minimum Gasteiger partial charge on any atom is -0.497 e. The molecule has 0 aliphatic rings. The van der Waals surface area contributed by atoms with E-state index in [1.165, 1.54) is 6.26 Å². The van der Waals surface area contributed by atoms with Crippen molar-refractivity contribution in [3.05, 3.63) is 23.8 Å². The zero-order valence-electron chi connectivity index (χ0n) is 11.8. The summed E-state index contributed by atoms with van der Waals surface area (Å²) >= 11 is 0. The van der Waals surface area contributed by atoms with Gasteiger partial charge in [0, 0.05) is 23.9 Å². The molecule has 6 heteroatoms. The second-order valence-electron chi connectivity index (χ2n) is 4.39. The Balaban J connectivity index is 2.88. The Bertz CT molecular complexity index is 513. The van der Waals surface area contributed by atoms with E-state index < -0.39 is 9.84 Å². The molecule has 0 radical (unpaired) electrons. The van der Waals surface area contributed by atoms with Crippen LogP contribution in [0.5, 0.6) is 11.5 Å². The highest BCUT2D eigenvalue weighted by atomic mass is 32.2. The molecule has 0 saturated carbocycles. The predicted octanol–water partition coefficient (Wildman–Crippen LogP) is 1.40. The average Bonchev–Trinajstić information content (AvgIpc) is 2.36. The van der Waals surface area contributed by atoms with Crippen LogP contribution in [0.1, 0.15) is 18.5 Å². The summed E-state index contributed by atoms with van der Waals surface area (Å²) in [5, 5.41) is 3.13. The second-order valence-corrected chi connectivity index (χ2v) is 6.65. The Labute approximate surface area is 114 Å². The SMILES string of the molecule is CNC(C)c1ccc(OC)cc1OCCS(C)(=O)=O. The molecule has 0 aliphatic carbocycles. The third-order valence-electron chi connectivity index (χ3n) is 2.83. The molecule has 1 atom stereocenters. The maximum atomic E-state index is 11.1. The fraction of sp³-hybridized carbons (Fsp3) is 0.538. The molecule has 0 saturated heterocycles. The summed E-state index contributed by atoms with van der Waals surface area (Å²) in [6.45, 7) is 2.14. The number of methoxy groups -OCH3 is 1. The van der Waals surface area contributed by atoms with Gasteiger partial charge in [-0.25, -0.2) is 8.42 Å². The van der Waals surface area contributed by atoms with Crippen LogP contribution in [0, 0.1) is 0 Å². The van der Waals surface area contributed by atoms with Crippen LogP contribution >= 0.6 is 0 Å². The Morgan fingerprint density at radius 1 is 1.37 bits per heavy atom. The summed E-state index contributed by atoms with van der Waals surface area (Å²) in [4.78, 5) is 0. The fourth-order valence-electron chi connectivity index (χ4n) is 1.58. The van der Waals surface area contributed by atoms with Crippen molar-refractivity contribution in [2.75, 3.05) is 32.8 Å². The van der Waals surface area contributed by atoms with Crippen LogP contribution in [0.3, 0.4) is 0 Å². The smallest absolute Gasteiger partial charge is 0.150 e. The molecular formula is C13H21NO4S. The average molecular weight is 287 g/mol. The van der Waals surface area contributed by atoms with Crippen LogP contribution < -0.4 is 14.8 Å². The molecule has 0 amide bonds. The first-order valence-electron chi connectivity index (χ1n) is 6.03. The second kappa shape index (κ2) is 6.77. The number of sulfone groups is 1. The van der Waals surface area contributed by atoms with E-state index in [0.717, 1.165) is 5.56 Å². The van der Waals surface area contributed by atoms with Crippen molar-refractivity contribution in [3.63, 3.8) is 0 Å². The molecule has 1 aromatic rings. The van der Waals surface area contributed by atoms with E-state index in [2.05, 4.69) is 5.32 Å². The lowest BCUT2D eigenvalue weighted by molar-refractivity contribution is 0.330. The molecule has 5 nitrogen and oxygen atoms in total. The van der Waals surface area contributed by atoms with Gasteiger partial charge >= 0.3 is 0 Å². The normalized spacial score (nSPS) is 13.1. The maximum absolute atomic E-state index is 11.1. The first-order valence-corrected chi connectivity index (χ1v) is 8.09. The molecule has 108 valence electrons. The van der Waals surface area contributed by atoms with Crippen molar-refractivity contribution in [2.24, 2.45) is 0 Å². The van der Waals surface area contributed by atoms with Gasteiger partial charge in [0.25, 0.3) is 0 Å². The van der Waals surface area contributed by atoms with Crippen LogP contribution in [0.15, 0.2) is 18.2 Å². The van der Waals surface area contributed by atoms with Crippen LogP contribution in [0.4, 0.5) is 0 Å². The highest BCUT2D eigenvalue weighted by molar-refractivity contribution is 7.90. The molecule has 0 spiro atoms. The van der Waals surface area contributed by atoms with Gasteiger partial charge in [0.05, 0.1) is 12.9 Å². The number of nitrogens with one attached hydrogen (secondary N) is 1. The van der Waals surface area contributed by atoms with Crippen molar-refractivity contribution in [2.45, 2.75) is 13.0 Å². The van der Waals surface area contributed by atoms with Crippen molar-refractivity contribution in [1.82, 2.24) is 5.32 Å². The van der Waals surface area contributed by atoms with E-state index >= 15 is 0 Å². The van der Waals surface area contributed by atoms with Gasteiger partial charge in [0.15, 0.2) is 9.84 Å². The molecule has 0 heterocycles. The van der Waals surface area contributed by atoms with E-state index in [1.54, 1.807) is 13.2 Å². The van der Waals surface area contributed by atoms with Crippen molar-refractivity contribution < 1.29 is 17.9 Å². The third-order valence-corrected chi connectivity index (χ3v) is 3.74. The zero-order valence-corrected chi connectivity index (χ0v) is 12.6. The number of rotatable bonds is 7. The van der Waals surface area contributed by atoms with E-state index in [0.29, 0.717) is 11.5 Å². The zero-order chi connectivity index (χ0) is 14.5. The number of ether oxygens (including phenoxy) is 2. The van der Waals surface area contributed by atoms with Crippen LogP contribution in [-0.2, 0) is 9.84 Å². The van der Waals surface area contributed by atoms with Gasteiger partial charge in [-0.1, -0.05) is 6.07 Å². The fourth-order valence-corrected chi connectivity index (χ4v) is 1.97. The van der Waals surface area contributed by atoms with E-state index in [-0.39, 0.29) is 18.4 Å². The third kappa shape index (κ3) is 5.08. The lowest BCUT2D eigenvalue weighted by Gasteiger charge is -2.17. The molecule has 1 aromatic carbocycles.